The van der Waals surface area contributed by atoms with Crippen LogP contribution in [0.5, 0.6) is 11.5 Å². The first-order chi connectivity index (χ1) is 13.5. The molecule has 3 rings (SSSR count). The van der Waals surface area contributed by atoms with Crippen molar-refractivity contribution in [2.75, 3.05) is 26.4 Å². The Kier molecular flexibility index (Phi) is 6.49. The summed E-state index contributed by atoms with van der Waals surface area (Å²) in [4.78, 5) is 36.0. The first-order valence-corrected chi connectivity index (χ1v) is 9.03. The van der Waals surface area contributed by atoms with E-state index in [1.54, 1.807) is 30.3 Å². The minimum Gasteiger partial charge on any atom is -0.490 e. The molecule has 0 fully saturated rings. The lowest BCUT2D eigenvalue weighted by Gasteiger charge is -2.09. The van der Waals surface area contributed by atoms with Gasteiger partial charge in [0, 0.05) is 22.6 Å². The Morgan fingerprint density at radius 2 is 1.64 bits per heavy atom. The minimum atomic E-state index is -0.718. The summed E-state index contributed by atoms with van der Waals surface area (Å²) in [7, 11) is 0. The molecule has 0 saturated carbocycles. The summed E-state index contributed by atoms with van der Waals surface area (Å²) in [5, 5.41) is 2.93. The zero-order chi connectivity index (χ0) is 19.9. The summed E-state index contributed by atoms with van der Waals surface area (Å²) in [5.74, 6) is -0.471. The van der Waals surface area contributed by atoms with E-state index in [1.807, 2.05) is 0 Å². The van der Waals surface area contributed by atoms with Gasteiger partial charge in [-0.15, -0.1) is 0 Å². The number of nitrogens with one attached hydrogen (secondary N) is 1. The monoisotopic (exact) mass is 403 g/mol. The number of carbonyl (C=O) groups is 3. The number of halogens is 1. The summed E-state index contributed by atoms with van der Waals surface area (Å²) in [6, 6.07) is 11.0. The molecule has 146 valence electrons. The van der Waals surface area contributed by atoms with Crippen molar-refractivity contribution in [1.82, 2.24) is 5.32 Å². The Hall–Kier alpha value is -3.06. The molecule has 1 amide bonds. The summed E-state index contributed by atoms with van der Waals surface area (Å²) in [6.07, 6.45) is 0.761. The van der Waals surface area contributed by atoms with Gasteiger partial charge in [-0.3, -0.25) is 14.4 Å². The third-order valence-electron chi connectivity index (χ3n) is 3.93. The fourth-order valence-electron chi connectivity index (χ4n) is 2.47. The lowest BCUT2D eigenvalue weighted by Crippen LogP contribution is -2.31. The van der Waals surface area contributed by atoms with Crippen LogP contribution in [0, 0.1) is 0 Å². The molecule has 1 aliphatic heterocycles. The molecule has 0 aromatic heterocycles. The Balaban J connectivity index is 1.47. The molecule has 0 saturated heterocycles. The largest absolute Gasteiger partial charge is 0.490 e. The zero-order valence-corrected chi connectivity index (χ0v) is 15.7. The number of ketones is 1. The van der Waals surface area contributed by atoms with Gasteiger partial charge in [-0.05, 0) is 42.5 Å². The van der Waals surface area contributed by atoms with Gasteiger partial charge in [-0.2, -0.15) is 0 Å². The van der Waals surface area contributed by atoms with Gasteiger partial charge in [0.15, 0.2) is 23.9 Å². The maximum Gasteiger partial charge on any atom is 0.325 e. The van der Waals surface area contributed by atoms with Gasteiger partial charge in [0.2, 0.25) is 0 Å². The van der Waals surface area contributed by atoms with E-state index < -0.39 is 18.5 Å². The van der Waals surface area contributed by atoms with Crippen LogP contribution >= 0.6 is 11.6 Å². The van der Waals surface area contributed by atoms with Crippen LogP contribution in [-0.4, -0.2) is 44.0 Å². The van der Waals surface area contributed by atoms with E-state index in [4.69, 9.17) is 25.8 Å². The van der Waals surface area contributed by atoms with Gasteiger partial charge in [0.1, 0.15) is 6.54 Å². The zero-order valence-electron chi connectivity index (χ0n) is 14.9. The van der Waals surface area contributed by atoms with Crippen molar-refractivity contribution in [3.8, 4) is 11.5 Å². The van der Waals surface area contributed by atoms with Gasteiger partial charge < -0.3 is 19.5 Å². The second-order valence-electron chi connectivity index (χ2n) is 5.99. The number of fused-ring (bicyclic) bond motifs is 1. The molecule has 1 aliphatic rings. The molecule has 0 radical (unpaired) electrons. The second-order valence-corrected chi connectivity index (χ2v) is 6.42. The highest BCUT2D eigenvalue weighted by Crippen LogP contribution is 2.30. The molecular weight excluding hydrogens is 386 g/mol. The molecule has 0 atom stereocenters. The summed E-state index contributed by atoms with van der Waals surface area (Å²) < 4.78 is 16.0. The van der Waals surface area contributed by atoms with E-state index >= 15 is 0 Å². The number of benzene rings is 2. The smallest absolute Gasteiger partial charge is 0.325 e. The molecule has 1 N–H and O–H groups in total. The normalized spacial score (nSPS) is 12.6. The molecule has 28 heavy (non-hydrogen) atoms. The minimum absolute atomic E-state index is 0.349. The predicted octanol–water partition coefficient (Wildman–Crippen LogP) is 2.66. The van der Waals surface area contributed by atoms with Crippen LogP contribution in [0.2, 0.25) is 5.02 Å². The predicted molar refractivity (Wildman–Crippen MR) is 101 cm³/mol. The van der Waals surface area contributed by atoms with Gasteiger partial charge in [0.25, 0.3) is 5.91 Å². The number of hydrogen-bond acceptors (Lipinski definition) is 6. The highest BCUT2D eigenvalue weighted by Gasteiger charge is 2.16. The topological polar surface area (TPSA) is 90.9 Å². The van der Waals surface area contributed by atoms with Crippen molar-refractivity contribution in [3.05, 3.63) is 58.6 Å². The Bertz CT molecular complexity index is 881. The molecule has 2 aromatic rings. The van der Waals surface area contributed by atoms with Crippen LogP contribution in [0.3, 0.4) is 0 Å². The van der Waals surface area contributed by atoms with Crippen molar-refractivity contribution in [3.63, 3.8) is 0 Å². The van der Waals surface area contributed by atoms with Gasteiger partial charge in [-0.1, -0.05) is 11.6 Å². The van der Waals surface area contributed by atoms with Crippen molar-refractivity contribution in [2.24, 2.45) is 0 Å². The number of hydrogen-bond donors (Lipinski definition) is 1. The maximum atomic E-state index is 12.2. The highest BCUT2D eigenvalue weighted by atomic mass is 35.5. The van der Waals surface area contributed by atoms with Crippen molar-refractivity contribution in [1.29, 1.82) is 0 Å². The molecule has 0 unspecified atom stereocenters. The molecule has 7 nitrogen and oxygen atoms in total. The maximum absolute atomic E-state index is 12.2. The number of Topliss-reactive ketones (excluding diaryl/α,β-unsaturated/α-hetero) is 1. The molecule has 8 heteroatoms. The lowest BCUT2D eigenvalue weighted by molar-refractivity contribution is -0.141. The quantitative estimate of drug-likeness (QED) is 0.589. The van der Waals surface area contributed by atoms with Crippen molar-refractivity contribution < 1.29 is 28.6 Å². The molecular formula is C20H18ClNO6. The fraction of sp³-hybridized carbons (Fsp3) is 0.250. The van der Waals surface area contributed by atoms with Crippen molar-refractivity contribution in [2.45, 2.75) is 6.42 Å². The van der Waals surface area contributed by atoms with Gasteiger partial charge >= 0.3 is 5.97 Å². The molecule has 0 spiro atoms. The van der Waals surface area contributed by atoms with Crippen LogP contribution in [0.25, 0.3) is 0 Å². The van der Waals surface area contributed by atoms with Crippen LogP contribution in [0.1, 0.15) is 27.1 Å². The van der Waals surface area contributed by atoms with E-state index in [0.29, 0.717) is 40.9 Å². The Labute approximate surface area is 166 Å². The fourth-order valence-corrected chi connectivity index (χ4v) is 2.60. The number of amides is 1. The summed E-state index contributed by atoms with van der Waals surface area (Å²) in [5.41, 5.74) is 0.711. The number of esters is 1. The first-order valence-electron chi connectivity index (χ1n) is 8.65. The summed E-state index contributed by atoms with van der Waals surface area (Å²) >= 11 is 5.76. The van der Waals surface area contributed by atoms with E-state index in [2.05, 4.69) is 5.32 Å². The summed E-state index contributed by atoms with van der Waals surface area (Å²) in [6.45, 7) is 0.276. The second kappa shape index (κ2) is 9.23. The van der Waals surface area contributed by atoms with E-state index in [0.717, 1.165) is 6.42 Å². The third kappa shape index (κ3) is 5.23. The highest BCUT2D eigenvalue weighted by molar-refractivity contribution is 6.30. The number of ether oxygens (including phenoxy) is 3. The van der Waals surface area contributed by atoms with Crippen LogP contribution < -0.4 is 14.8 Å². The van der Waals surface area contributed by atoms with E-state index in [9.17, 15) is 14.4 Å². The first kappa shape index (κ1) is 19.7. The van der Waals surface area contributed by atoms with Gasteiger partial charge in [0.05, 0.1) is 13.2 Å². The van der Waals surface area contributed by atoms with Crippen LogP contribution in [-0.2, 0) is 9.53 Å². The van der Waals surface area contributed by atoms with Crippen molar-refractivity contribution >= 4 is 29.3 Å². The van der Waals surface area contributed by atoms with Crippen LogP contribution in [0.4, 0.5) is 0 Å². The average molecular weight is 404 g/mol. The average Bonchev–Trinajstić information content (AvgIpc) is 2.95. The molecule has 0 aliphatic carbocycles. The molecule has 2 aromatic carbocycles. The number of rotatable bonds is 6. The van der Waals surface area contributed by atoms with Crippen LogP contribution in [0.15, 0.2) is 42.5 Å². The van der Waals surface area contributed by atoms with Gasteiger partial charge in [-0.25, -0.2) is 0 Å². The Morgan fingerprint density at radius 3 is 2.39 bits per heavy atom. The lowest BCUT2D eigenvalue weighted by atomic mass is 10.1. The molecule has 1 heterocycles. The standard InChI is InChI=1S/C20H18ClNO6/c21-15-5-2-13(3-6-15)20(25)22-11-19(24)28-12-16(23)14-4-7-17-18(10-14)27-9-1-8-26-17/h2-7,10H,1,8-9,11-12H2,(H,22,25). The third-order valence-corrected chi connectivity index (χ3v) is 4.19. The SMILES string of the molecule is O=C(CNC(=O)c1ccc(Cl)cc1)OCC(=O)c1ccc2c(c1)OCCCO2. The van der Waals surface area contributed by atoms with E-state index in [-0.39, 0.29) is 12.3 Å². The number of carbonyl (C=O) groups excluding carboxylic acids is 3. The van der Waals surface area contributed by atoms with E-state index in [1.165, 1.54) is 12.1 Å². The Morgan fingerprint density at radius 1 is 0.964 bits per heavy atom. The molecule has 0 bridgehead atoms.